The zero-order chi connectivity index (χ0) is 12.8. The molecule has 0 amide bonds. The van der Waals surface area contributed by atoms with Gasteiger partial charge in [0.1, 0.15) is 0 Å². The van der Waals surface area contributed by atoms with Crippen LogP contribution in [-0.4, -0.2) is 12.5 Å². The molecule has 0 bridgehead atoms. The van der Waals surface area contributed by atoms with Gasteiger partial charge in [0, 0.05) is 0 Å². The summed E-state index contributed by atoms with van der Waals surface area (Å²) >= 11 is 0. The van der Waals surface area contributed by atoms with Gasteiger partial charge >= 0.3 is 0 Å². The number of hydrogen-bond donors (Lipinski definition) is 0. The van der Waals surface area contributed by atoms with Crippen LogP contribution in [0.25, 0.3) is 0 Å². The molecule has 0 saturated heterocycles. The fraction of sp³-hybridized carbons (Fsp3) is 0.118. The van der Waals surface area contributed by atoms with Gasteiger partial charge in [-0.25, -0.2) is 0 Å². The van der Waals surface area contributed by atoms with Crippen molar-refractivity contribution in [3.8, 4) is 0 Å². The largest absolute Gasteiger partial charge is 0.103 e. The first-order chi connectivity index (χ1) is 8.77. The molecule has 0 aromatic heterocycles. The Morgan fingerprint density at radius 3 is 1.72 bits per heavy atom. The van der Waals surface area contributed by atoms with Crippen LogP contribution in [0.4, 0.5) is 0 Å². The van der Waals surface area contributed by atoms with Crippen LogP contribution in [-0.2, 0) is 0 Å². The van der Waals surface area contributed by atoms with Crippen LogP contribution in [0, 0.1) is 0 Å². The smallest absolute Gasteiger partial charge is 0.0161 e. The quantitative estimate of drug-likeness (QED) is 0.577. The van der Waals surface area contributed by atoms with Gasteiger partial charge < -0.3 is 0 Å². The Hall–Kier alpha value is -1.52. The van der Waals surface area contributed by atoms with E-state index in [1.165, 1.54) is 10.6 Å². The monoisotopic (exact) mass is 254 g/mol. The summed E-state index contributed by atoms with van der Waals surface area (Å²) in [7, 11) is 0. The molecule has 0 saturated carbocycles. The van der Waals surface area contributed by atoms with Crippen LogP contribution in [0.3, 0.4) is 0 Å². The van der Waals surface area contributed by atoms with Crippen LogP contribution in [0.1, 0.15) is 6.42 Å². The Labute approximate surface area is 110 Å². The Bertz CT molecular complexity index is 509. The molecule has 18 heavy (non-hydrogen) atoms. The molecule has 0 radical (unpaired) electrons. The predicted molar refractivity (Wildman–Crippen MR) is 85.9 cm³/mol. The van der Waals surface area contributed by atoms with E-state index in [1.807, 2.05) is 6.08 Å². The Morgan fingerprint density at radius 1 is 0.889 bits per heavy atom. The lowest BCUT2D eigenvalue weighted by atomic mass is 10.4. The van der Waals surface area contributed by atoms with Gasteiger partial charge in [-0.2, -0.15) is 0 Å². The molecule has 92 valence electrons. The van der Waals surface area contributed by atoms with E-state index in [-0.39, 0.29) is 0 Å². The summed E-state index contributed by atoms with van der Waals surface area (Å²) in [5.74, 6) is 2.44. The Kier molecular flexibility index (Phi) is 4.23. The summed E-state index contributed by atoms with van der Waals surface area (Å²) in [4.78, 5) is 0. The van der Waals surface area contributed by atoms with Crippen molar-refractivity contribution in [1.29, 1.82) is 0 Å². The van der Waals surface area contributed by atoms with Gasteiger partial charge in [0.05, 0.1) is 0 Å². The van der Waals surface area contributed by atoms with Gasteiger partial charge in [-0.05, 0) is 23.7 Å². The zero-order valence-corrected chi connectivity index (χ0v) is 11.7. The molecule has 0 aliphatic heterocycles. The lowest BCUT2D eigenvalue weighted by molar-refractivity contribution is 1.59. The molecule has 0 atom stereocenters. The fourth-order valence-electron chi connectivity index (χ4n) is 2.12. The van der Waals surface area contributed by atoms with Crippen LogP contribution >= 0.6 is 6.89 Å². The van der Waals surface area contributed by atoms with Crippen molar-refractivity contribution in [3.05, 3.63) is 73.3 Å². The van der Waals surface area contributed by atoms with Gasteiger partial charge in [0.15, 0.2) is 0 Å². The third kappa shape index (κ3) is 2.66. The van der Waals surface area contributed by atoms with Crippen LogP contribution < -0.4 is 10.6 Å². The molecule has 2 rings (SSSR count). The lowest BCUT2D eigenvalue weighted by Gasteiger charge is -2.22. The summed E-state index contributed by atoms with van der Waals surface area (Å²) in [6.07, 6.45) is 2.93. The average molecular weight is 254 g/mol. The Morgan fingerprint density at radius 2 is 1.33 bits per heavy atom. The van der Waals surface area contributed by atoms with E-state index in [9.17, 15) is 0 Å². The lowest BCUT2D eigenvalue weighted by Crippen LogP contribution is -2.16. The van der Waals surface area contributed by atoms with E-state index in [2.05, 4.69) is 79.7 Å². The highest BCUT2D eigenvalue weighted by Gasteiger charge is 2.15. The molecule has 0 heterocycles. The molecule has 0 spiro atoms. The van der Waals surface area contributed by atoms with E-state index in [0.717, 1.165) is 6.42 Å². The van der Waals surface area contributed by atoms with Crippen LogP contribution in [0.15, 0.2) is 73.3 Å². The summed E-state index contributed by atoms with van der Waals surface area (Å²) in [6, 6.07) is 21.6. The van der Waals surface area contributed by atoms with Gasteiger partial charge in [0.25, 0.3) is 0 Å². The van der Waals surface area contributed by atoms with Crippen molar-refractivity contribution in [2.75, 3.05) is 6.66 Å². The van der Waals surface area contributed by atoms with Gasteiger partial charge in [-0.1, -0.05) is 79.4 Å². The van der Waals surface area contributed by atoms with Crippen LogP contribution in [0.2, 0.25) is 0 Å². The summed E-state index contributed by atoms with van der Waals surface area (Å²) in [6.45, 7) is 4.83. The molecule has 0 aliphatic carbocycles. The minimum absolute atomic E-state index is 0.952. The van der Waals surface area contributed by atoms with Gasteiger partial charge in [-0.3, -0.25) is 0 Å². The highest BCUT2D eigenvalue weighted by Crippen LogP contribution is 2.40. The van der Waals surface area contributed by atoms with E-state index in [1.54, 1.807) is 0 Å². The summed E-state index contributed by atoms with van der Waals surface area (Å²) in [5.41, 5.74) is 0. The molecular formula is C17H19P. The number of benzene rings is 2. The molecule has 2 aromatic rings. The third-order valence-corrected chi connectivity index (χ3v) is 6.91. The standard InChI is InChI=1S/C17H19P/c1-3-4-15-18(2,16-11-7-5-8-12-16)17-13-9-6-10-14-17/h3,5-15H,1,4H2,2H3. The first-order valence-corrected chi connectivity index (χ1v) is 8.50. The van der Waals surface area contributed by atoms with Gasteiger partial charge in [0.2, 0.25) is 0 Å². The van der Waals surface area contributed by atoms with Crippen molar-refractivity contribution >= 4 is 23.3 Å². The van der Waals surface area contributed by atoms with E-state index < -0.39 is 6.89 Å². The second-order valence-electron chi connectivity index (χ2n) is 4.45. The highest BCUT2D eigenvalue weighted by molar-refractivity contribution is 7.87. The normalized spacial score (nSPS) is 10.9. The van der Waals surface area contributed by atoms with E-state index in [4.69, 9.17) is 0 Å². The average Bonchev–Trinajstić information content (AvgIpc) is 2.46. The second kappa shape index (κ2) is 5.89. The van der Waals surface area contributed by atoms with E-state index >= 15 is 0 Å². The van der Waals surface area contributed by atoms with Crippen molar-refractivity contribution in [1.82, 2.24) is 0 Å². The molecule has 0 unspecified atom stereocenters. The van der Waals surface area contributed by atoms with Crippen molar-refractivity contribution in [2.45, 2.75) is 6.42 Å². The minimum Gasteiger partial charge on any atom is -0.103 e. The Balaban J connectivity index is 2.59. The number of rotatable bonds is 4. The van der Waals surface area contributed by atoms with E-state index in [0.29, 0.717) is 0 Å². The molecule has 0 nitrogen and oxygen atoms in total. The molecular weight excluding hydrogens is 235 g/mol. The maximum atomic E-state index is 3.84. The topological polar surface area (TPSA) is 0 Å². The maximum Gasteiger partial charge on any atom is -0.0161 e. The third-order valence-electron chi connectivity index (χ3n) is 3.22. The molecule has 0 fully saturated rings. The maximum absolute atomic E-state index is 3.84. The molecule has 0 N–H and O–H groups in total. The SMILES string of the molecule is C=CCC=P(C)(c1ccccc1)c1ccccc1. The van der Waals surface area contributed by atoms with Crippen molar-refractivity contribution < 1.29 is 0 Å². The number of hydrogen-bond acceptors (Lipinski definition) is 0. The molecule has 1 heteroatoms. The fourth-order valence-corrected chi connectivity index (χ4v) is 4.99. The molecule has 2 aromatic carbocycles. The minimum atomic E-state index is -1.39. The zero-order valence-electron chi connectivity index (χ0n) is 10.8. The summed E-state index contributed by atoms with van der Waals surface area (Å²) < 4.78 is 0. The molecule has 0 aliphatic rings. The first kappa shape index (κ1) is 12.9. The number of allylic oxidation sites excluding steroid dienone is 1. The highest BCUT2D eigenvalue weighted by atomic mass is 31.2. The van der Waals surface area contributed by atoms with Crippen molar-refractivity contribution in [2.24, 2.45) is 0 Å². The van der Waals surface area contributed by atoms with Crippen LogP contribution in [0.5, 0.6) is 0 Å². The predicted octanol–water partition coefficient (Wildman–Crippen LogP) is 3.66. The first-order valence-electron chi connectivity index (χ1n) is 6.20. The van der Waals surface area contributed by atoms with Gasteiger partial charge in [-0.15, -0.1) is 6.58 Å². The van der Waals surface area contributed by atoms with Crippen molar-refractivity contribution in [3.63, 3.8) is 0 Å². The second-order valence-corrected chi connectivity index (χ2v) is 8.00. The summed E-state index contributed by atoms with van der Waals surface area (Å²) in [5, 5.41) is 2.86.